The largest absolute Gasteiger partial charge is 0.506 e. The molecule has 0 aliphatic heterocycles. The van der Waals surface area contributed by atoms with Crippen LogP contribution < -0.4 is 4.74 Å². The van der Waals surface area contributed by atoms with Crippen molar-refractivity contribution in [3.8, 4) is 11.5 Å². The van der Waals surface area contributed by atoms with E-state index in [0.717, 1.165) is 16.9 Å². The maximum atomic E-state index is 10.0. The summed E-state index contributed by atoms with van der Waals surface area (Å²) in [6.07, 6.45) is 0. The van der Waals surface area contributed by atoms with Gasteiger partial charge in [-0.05, 0) is 12.1 Å². The average Bonchev–Trinajstić information content (AvgIpc) is 2.52. The molecule has 0 aliphatic carbocycles. The number of nitrogens with zero attached hydrogens (tertiary/aromatic N) is 1. The average molecular weight is 322 g/mol. The van der Waals surface area contributed by atoms with Crippen molar-refractivity contribution in [2.75, 3.05) is 20.3 Å². The number of methoxy groups -OCH3 is 1. The number of rotatable bonds is 7. The van der Waals surface area contributed by atoms with E-state index >= 15 is 0 Å². The molecule has 0 heterocycles. The zero-order valence-corrected chi connectivity index (χ0v) is 13.3. The Balaban J connectivity index is 2.18. The van der Waals surface area contributed by atoms with Crippen molar-refractivity contribution in [3.63, 3.8) is 0 Å². The van der Waals surface area contributed by atoms with Gasteiger partial charge in [0.25, 0.3) is 0 Å². The molecule has 2 aromatic carbocycles. The van der Waals surface area contributed by atoms with E-state index in [2.05, 4.69) is 0 Å². The topological polar surface area (TPSA) is 52.9 Å². The number of aliphatic hydroxyl groups is 1. The molecule has 0 aromatic heterocycles. The molecule has 0 saturated heterocycles. The highest BCUT2D eigenvalue weighted by atomic mass is 35.5. The van der Waals surface area contributed by atoms with Crippen LogP contribution in [-0.2, 0) is 13.1 Å². The molecule has 0 radical (unpaired) electrons. The van der Waals surface area contributed by atoms with Crippen molar-refractivity contribution in [1.29, 1.82) is 0 Å². The summed E-state index contributed by atoms with van der Waals surface area (Å²) in [4.78, 5) is 2.03. The standard InChI is InChI=1S/C17H20ClNO3/c1-22-16-8-3-2-5-13(16)11-19(9-10-20)12-14-6-4-7-15(18)17(14)21/h2-8,20-21H,9-12H2,1H3. The van der Waals surface area contributed by atoms with Crippen LogP contribution in [0.1, 0.15) is 11.1 Å². The number of benzene rings is 2. The summed E-state index contributed by atoms with van der Waals surface area (Å²) in [5, 5.41) is 19.6. The van der Waals surface area contributed by atoms with Crippen LogP contribution in [0.25, 0.3) is 0 Å². The number of ether oxygens (including phenoxy) is 1. The third kappa shape index (κ3) is 4.13. The number of hydrogen-bond donors (Lipinski definition) is 2. The molecule has 0 unspecified atom stereocenters. The van der Waals surface area contributed by atoms with Crippen LogP contribution in [0.15, 0.2) is 42.5 Å². The van der Waals surface area contributed by atoms with Crippen LogP contribution in [-0.4, -0.2) is 35.4 Å². The zero-order chi connectivity index (χ0) is 15.9. The number of para-hydroxylation sites is 2. The van der Waals surface area contributed by atoms with Gasteiger partial charge < -0.3 is 14.9 Å². The van der Waals surface area contributed by atoms with Gasteiger partial charge in [-0.25, -0.2) is 0 Å². The van der Waals surface area contributed by atoms with Gasteiger partial charge >= 0.3 is 0 Å². The van der Waals surface area contributed by atoms with Crippen molar-refractivity contribution in [3.05, 3.63) is 58.6 Å². The number of aliphatic hydroxyl groups excluding tert-OH is 1. The van der Waals surface area contributed by atoms with Gasteiger partial charge in [0.1, 0.15) is 11.5 Å². The summed E-state index contributed by atoms with van der Waals surface area (Å²) in [5.74, 6) is 0.896. The van der Waals surface area contributed by atoms with Gasteiger partial charge in [0.15, 0.2) is 0 Å². The molecule has 0 bridgehead atoms. The first kappa shape index (κ1) is 16.6. The van der Waals surface area contributed by atoms with Crippen LogP contribution in [0.4, 0.5) is 0 Å². The molecule has 0 spiro atoms. The molecule has 118 valence electrons. The summed E-state index contributed by atoms with van der Waals surface area (Å²) >= 11 is 5.94. The summed E-state index contributed by atoms with van der Waals surface area (Å²) in [6.45, 7) is 1.63. The number of phenols is 1. The first-order valence-corrected chi connectivity index (χ1v) is 7.45. The molecular weight excluding hydrogens is 302 g/mol. The molecule has 0 amide bonds. The summed E-state index contributed by atoms with van der Waals surface area (Å²) in [6, 6.07) is 13.0. The Morgan fingerprint density at radius 2 is 1.73 bits per heavy atom. The van der Waals surface area contributed by atoms with Crippen molar-refractivity contribution >= 4 is 11.6 Å². The highest BCUT2D eigenvalue weighted by Crippen LogP contribution is 2.28. The lowest BCUT2D eigenvalue weighted by molar-refractivity contribution is 0.181. The molecule has 22 heavy (non-hydrogen) atoms. The van der Waals surface area contributed by atoms with Gasteiger partial charge in [0.2, 0.25) is 0 Å². The van der Waals surface area contributed by atoms with E-state index in [1.165, 1.54) is 0 Å². The van der Waals surface area contributed by atoms with Crippen molar-refractivity contribution in [1.82, 2.24) is 4.90 Å². The van der Waals surface area contributed by atoms with Crippen LogP contribution in [0.5, 0.6) is 11.5 Å². The Kier molecular flexibility index (Phi) is 6.07. The van der Waals surface area contributed by atoms with Crippen LogP contribution in [0, 0.1) is 0 Å². The van der Waals surface area contributed by atoms with E-state index in [1.54, 1.807) is 19.2 Å². The SMILES string of the molecule is COc1ccccc1CN(CCO)Cc1cccc(Cl)c1O. The predicted octanol–water partition coefficient (Wildman–Crippen LogP) is 3.05. The molecule has 0 fully saturated rings. The van der Waals surface area contributed by atoms with E-state index in [-0.39, 0.29) is 12.4 Å². The van der Waals surface area contributed by atoms with E-state index in [1.807, 2.05) is 35.2 Å². The highest BCUT2D eigenvalue weighted by Gasteiger charge is 2.13. The lowest BCUT2D eigenvalue weighted by Crippen LogP contribution is -2.26. The lowest BCUT2D eigenvalue weighted by Gasteiger charge is -2.23. The summed E-state index contributed by atoms with van der Waals surface area (Å²) in [5.41, 5.74) is 1.76. The van der Waals surface area contributed by atoms with Crippen molar-refractivity contribution in [2.24, 2.45) is 0 Å². The van der Waals surface area contributed by atoms with Crippen molar-refractivity contribution < 1.29 is 14.9 Å². The first-order valence-electron chi connectivity index (χ1n) is 7.07. The Morgan fingerprint density at radius 3 is 2.45 bits per heavy atom. The normalized spacial score (nSPS) is 10.9. The van der Waals surface area contributed by atoms with Crippen molar-refractivity contribution in [2.45, 2.75) is 13.1 Å². The predicted molar refractivity (Wildman–Crippen MR) is 87.3 cm³/mol. The minimum atomic E-state index is 0.0382. The van der Waals surface area contributed by atoms with Gasteiger partial charge in [0, 0.05) is 30.8 Å². The Bertz CT molecular complexity index is 619. The fraction of sp³-hybridized carbons (Fsp3) is 0.294. The quantitative estimate of drug-likeness (QED) is 0.823. The lowest BCUT2D eigenvalue weighted by atomic mass is 10.1. The maximum absolute atomic E-state index is 10.0. The van der Waals surface area contributed by atoms with Gasteiger partial charge in [0.05, 0.1) is 18.7 Å². The minimum Gasteiger partial charge on any atom is -0.506 e. The number of aromatic hydroxyl groups is 1. The second-order valence-corrected chi connectivity index (χ2v) is 5.40. The molecule has 2 N–H and O–H groups in total. The third-order valence-corrected chi connectivity index (χ3v) is 3.77. The zero-order valence-electron chi connectivity index (χ0n) is 12.5. The Morgan fingerprint density at radius 1 is 1.05 bits per heavy atom. The number of hydrogen-bond acceptors (Lipinski definition) is 4. The highest BCUT2D eigenvalue weighted by molar-refractivity contribution is 6.32. The summed E-state index contributed by atoms with van der Waals surface area (Å²) in [7, 11) is 1.64. The Labute approximate surface area is 135 Å². The van der Waals surface area contributed by atoms with Crippen LogP contribution in [0.2, 0.25) is 5.02 Å². The van der Waals surface area contributed by atoms with Crippen LogP contribution >= 0.6 is 11.6 Å². The van der Waals surface area contributed by atoms with Gasteiger partial charge in [-0.15, -0.1) is 0 Å². The number of phenolic OH excluding ortho intramolecular Hbond substituents is 1. The van der Waals surface area contributed by atoms with Gasteiger partial charge in [-0.1, -0.05) is 41.9 Å². The maximum Gasteiger partial charge on any atom is 0.138 e. The molecule has 0 atom stereocenters. The monoisotopic (exact) mass is 321 g/mol. The minimum absolute atomic E-state index is 0.0382. The van der Waals surface area contributed by atoms with Crippen LogP contribution in [0.3, 0.4) is 0 Å². The molecule has 5 heteroatoms. The van der Waals surface area contributed by atoms with Gasteiger partial charge in [-0.2, -0.15) is 0 Å². The molecule has 2 aromatic rings. The summed E-state index contributed by atoms with van der Waals surface area (Å²) < 4.78 is 5.36. The van der Waals surface area contributed by atoms with E-state index in [9.17, 15) is 10.2 Å². The molecule has 0 aliphatic rings. The second-order valence-electron chi connectivity index (χ2n) is 4.99. The molecule has 2 rings (SSSR count). The molecule has 0 saturated carbocycles. The molecular formula is C17H20ClNO3. The molecule has 4 nitrogen and oxygen atoms in total. The van der Waals surface area contributed by atoms with E-state index in [4.69, 9.17) is 16.3 Å². The number of halogens is 1. The Hall–Kier alpha value is -1.75. The third-order valence-electron chi connectivity index (χ3n) is 3.47. The fourth-order valence-corrected chi connectivity index (χ4v) is 2.55. The van der Waals surface area contributed by atoms with E-state index in [0.29, 0.717) is 24.7 Å². The van der Waals surface area contributed by atoms with E-state index < -0.39 is 0 Å². The second kappa shape index (κ2) is 8.03. The smallest absolute Gasteiger partial charge is 0.138 e. The van der Waals surface area contributed by atoms with Gasteiger partial charge in [-0.3, -0.25) is 4.90 Å². The fourth-order valence-electron chi connectivity index (χ4n) is 2.36. The first-order chi connectivity index (χ1) is 10.7.